The van der Waals surface area contributed by atoms with Gasteiger partial charge in [0.25, 0.3) is 0 Å². The summed E-state index contributed by atoms with van der Waals surface area (Å²) in [5.74, 6) is 1.70. The molecule has 0 saturated carbocycles. The van der Waals surface area contributed by atoms with Gasteiger partial charge in [0.05, 0.1) is 0 Å². The lowest BCUT2D eigenvalue weighted by Crippen LogP contribution is -2.25. The Morgan fingerprint density at radius 1 is 0.846 bits per heavy atom. The zero-order valence-corrected chi connectivity index (χ0v) is 15.6. The lowest BCUT2D eigenvalue weighted by atomic mass is 10.2. The zero-order chi connectivity index (χ0) is 18.4. The summed E-state index contributed by atoms with van der Waals surface area (Å²) >= 11 is 0. The minimum absolute atomic E-state index is 0.758. The summed E-state index contributed by atoms with van der Waals surface area (Å²) in [5, 5.41) is 0. The molecule has 0 saturated heterocycles. The molecule has 0 unspecified atom stereocenters. The molecule has 26 heavy (non-hydrogen) atoms. The summed E-state index contributed by atoms with van der Waals surface area (Å²) < 4.78 is 0. The van der Waals surface area contributed by atoms with Crippen LogP contribution in [0.5, 0.6) is 0 Å². The standard InChI is InChI=1S/C21H25N5/c1-17-15-20(26(3)16-19-7-5-4-6-8-19)24-21(23-17)25(2)14-11-18-9-12-22-13-10-18/h4-10,12-13,15H,11,14,16H2,1-3H3. The molecule has 0 aliphatic heterocycles. The molecule has 2 heterocycles. The van der Waals surface area contributed by atoms with Crippen LogP contribution in [0.2, 0.25) is 0 Å². The molecule has 1 aromatic carbocycles. The number of pyridine rings is 1. The van der Waals surface area contributed by atoms with Gasteiger partial charge in [0.15, 0.2) is 0 Å². The molecule has 0 aliphatic carbocycles. The number of anilines is 2. The van der Waals surface area contributed by atoms with E-state index in [1.54, 1.807) is 0 Å². The van der Waals surface area contributed by atoms with E-state index in [9.17, 15) is 0 Å². The van der Waals surface area contributed by atoms with Gasteiger partial charge >= 0.3 is 0 Å². The monoisotopic (exact) mass is 347 g/mol. The number of likely N-dealkylation sites (N-methyl/N-ethyl adjacent to an activating group) is 1. The Morgan fingerprint density at radius 2 is 1.58 bits per heavy atom. The highest BCUT2D eigenvalue weighted by Crippen LogP contribution is 2.18. The number of rotatable bonds is 7. The van der Waals surface area contributed by atoms with Crippen LogP contribution in [0.4, 0.5) is 11.8 Å². The molecule has 3 aromatic rings. The van der Waals surface area contributed by atoms with Crippen molar-refractivity contribution >= 4 is 11.8 Å². The van der Waals surface area contributed by atoms with Crippen LogP contribution in [0, 0.1) is 6.92 Å². The van der Waals surface area contributed by atoms with Crippen molar-refractivity contribution in [2.45, 2.75) is 19.9 Å². The topological polar surface area (TPSA) is 45.2 Å². The van der Waals surface area contributed by atoms with E-state index in [1.165, 1.54) is 11.1 Å². The predicted octanol–water partition coefficient (Wildman–Crippen LogP) is 3.50. The van der Waals surface area contributed by atoms with Crippen molar-refractivity contribution in [1.82, 2.24) is 15.0 Å². The zero-order valence-electron chi connectivity index (χ0n) is 15.6. The third-order valence-electron chi connectivity index (χ3n) is 4.31. The Balaban J connectivity index is 1.70. The molecule has 0 fully saturated rings. The fourth-order valence-electron chi connectivity index (χ4n) is 2.79. The third kappa shape index (κ3) is 4.79. The highest BCUT2D eigenvalue weighted by Gasteiger charge is 2.11. The van der Waals surface area contributed by atoms with Gasteiger partial charge in [0.1, 0.15) is 5.82 Å². The van der Waals surface area contributed by atoms with Crippen molar-refractivity contribution in [3.63, 3.8) is 0 Å². The molecule has 0 atom stereocenters. The number of benzene rings is 1. The highest BCUT2D eigenvalue weighted by atomic mass is 15.3. The second-order valence-corrected chi connectivity index (χ2v) is 6.54. The minimum atomic E-state index is 0.758. The maximum absolute atomic E-state index is 4.77. The number of aryl methyl sites for hydroxylation is 1. The van der Waals surface area contributed by atoms with Crippen LogP contribution in [0.15, 0.2) is 60.9 Å². The van der Waals surface area contributed by atoms with Gasteiger partial charge in [0.2, 0.25) is 5.95 Å². The lowest BCUT2D eigenvalue weighted by Gasteiger charge is -2.22. The number of hydrogen-bond donors (Lipinski definition) is 0. The van der Waals surface area contributed by atoms with E-state index < -0.39 is 0 Å². The summed E-state index contributed by atoms with van der Waals surface area (Å²) in [4.78, 5) is 17.7. The van der Waals surface area contributed by atoms with E-state index in [0.717, 1.165) is 37.0 Å². The summed E-state index contributed by atoms with van der Waals surface area (Å²) in [5.41, 5.74) is 3.50. The van der Waals surface area contributed by atoms with Crippen LogP contribution in [0.1, 0.15) is 16.8 Å². The van der Waals surface area contributed by atoms with Crippen molar-refractivity contribution in [3.05, 3.63) is 77.7 Å². The fraction of sp³-hybridized carbons (Fsp3) is 0.286. The normalized spacial score (nSPS) is 10.6. The van der Waals surface area contributed by atoms with Gasteiger partial charge in [0, 0.05) is 51.3 Å². The Bertz CT molecular complexity index is 820. The molecule has 5 nitrogen and oxygen atoms in total. The average molecular weight is 347 g/mol. The summed E-state index contributed by atoms with van der Waals surface area (Å²) in [6, 6.07) is 16.5. The van der Waals surface area contributed by atoms with Gasteiger partial charge in [-0.1, -0.05) is 30.3 Å². The van der Waals surface area contributed by atoms with Crippen molar-refractivity contribution in [3.8, 4) is 0 Å². The molecular formula is C21H25N5. The maximum Gasteiger partial charge on any atom is 0.227 e. The van der Waals surface area contributed by atoms with Crippen LogP contribution in [0.3, 0.4) is 0 Å². The van der Waals surface area contributed by atoms with E-state index in [2.05, 4.69) is 51.1 Å². The van der Waals surface area contributed by atoms with Crippen LogP contribution < -0.4 is 9.80 Å². The van der Waals surface area contributed by atoms with Gasteiger partial charge in [-0.25, -0.2) is 4.98 Å². The van der Waals surface area contributed by atoms with E-state index in [-0.39, 0.29) is 0 Å². The van der Waals surface area contributed by atoms with E-state index >= 15 is 0 Å². The van der Waals surface area contributed by atoms with Crippen LogP contribution in [-0.4, -0.2) is 35.6 Å². The SMILES string of the molecule is Cc1cc(N(C)Cc2ccccc2)nc(N(C)CCc2ccncc2)n1. The summed E-state index contributed by atoms with van der Waals surface area (Å²) in [6.45, 7) is 3.69. The van der Waals surface area contributed by atoms with Gasteiger partial charge in [-0.2, -0.15) is 4.98 Å². The van der Waals surface area contributed by atoms with Gasteiger partial charge < -0.3 is 9.80 Å². The van der Waals surface area contributed by atoms with E-state index in [0.29, 0.717) is 0 Å². The van der Waals surface area contributed by atoms with E-state index in [1.807, 2.05) is 50.6 Å². The molecule has 0 bridgehead atoms. The fourth-order valence-corrected chi connectivity index (χ4v) is 2.79. The second kappa shape index (κ2) is 8.43. The van der Waals surface area contributed by atoms with Crippen LogP contribution in [0.25, 0.3) is 0 Å². The Labute approximate surface area is 155 Å². The summed E-state index contributed by atoms with van der Waals surface area (Å²) in [7, 11) is 4.10. The van der Waals surface area contributed by atoms with Crippen molar-refractivity contribution in [2.24, 2.45) is 0 Å². The van der Waals surface area contributed by atoms with Gasteiger partial charge in [-0.15, -0.1) is 0 Å². The molecule has 134 valence electrons. The third-order valence-corrected chi connectivity index (χ3v) is 4.31. The smallest absolute Gasteiger partial charge is 0.227 e. The number of hydrogen-bond acceptors (Lipinski definition) is 5. The van der Waals surface area contributed by atoms with Crippen molar-refractivity contribution < 1.29 is 0 Å². The molecular weight excluding hydrogens is 322 g/mol. The Kier molecular flexibility index (Phi) is 5.79. The highest BCUT2D eigenvalue weighted by molar-refractivity contribution is 5.45. The van der Waals surface area contributed by atoms with Crippen LogP contribution in [-0.2, 0) is 13.0 Å². The van der Waals surface area contributed by atoms with Gasteiger partial charge in [-0.05, 0) is 36.6 Å². The average Bonchev–Trinajstić information content (AvgIpc) is 2.67. The van der Waals surface area contributed by atoms with Crippen molar-refractivity contribution in [1.29, 1.82) is 0 Å². The first kappa shape index (κ1) is 17.9. The lowest BCUT2D eigenvalue weighted by molar-refractivity contribution is 0.818. The second-order valence-electron chi connectivity index (χ2n) is 6.54. The molecule has 0 radical (unpaired) electrons. The molecule has 0 spiro atoms. The van der Waals surface area contributed by atoms with E-state index in [4.69, 9.17) is 4.98 Å². The Morgan fingerprint density at radius 3 is 2.31 bits per heavy atom. The number of nitrogens with zero attached hydrogens (tertiary/aromatic N) is 5. The molecule has 0 N–H and O–H groups in total. The molecule has 0 amide bonds. The quantitative estimate of drug-likeness (QED) is 0.655. The molecule has 5 heteroatoms. The van der Waals surface area contributed by atoms with Crippen molar-refractivity contribution in [2.75, 3.05) is 30.4 Å². The molecule has 3 rings (SSSR count). The predicted molar refractivity (Wildman–Crippen MR) is 107 cm³/mol. The minimum Gasteiger partial charge on any atom is -0.355 e. The first-order valence-corrected chi connectivity index (χ1v) is 8.82. The summed E-state index contributed by atoms with van der Waals surface area (Å²) in [6.07, 6.45) is 4.59. The van der Waals surface area contributed by atoms with Crippen LogP contribution >= 0.6 is 0 Å². The maximum atomic E-state index is 4.77. The first-order chi connectivity index (χ1) is 12.6. The largest absolute Gasteiger partial charge is 0.355 e. The first-order valence-electron chi connectivity index (χ1n) is 8.82. The molecule has 2 aromatic heterocycles. The van der Waals surface area contributed by atoms with Gasteiger partial charge in [-0.3, -0.25) is 4.98 Å². The Hall–Kier alpha value is -2.95. The number of aromatic nitrogens is 3. The molecule has 0 aliphatic rings.